The number of ketones is 1. The number of amides is 1. The van der Waals surface area contributed by atoms with Gasteiger partial charge in [-0.15, -0.1) is 0 Å². The molecule has 0 heterocycles. The van der Waals surface area contributed by atoms with Gasteiger partial charge in [0.2, 0.25) is 5.91 Å². The Bertz CT molecular complexity index is 740. The highest BCUT2D eigenvalue weighted by molar-refractivity contribution is 5.79. The number of Topliss-reactive ketones (excluding diaryl/α,β-unsaturated/α-hetero) is 1. The van der Waals surface area contributed by atoms with Crippen LogP contribution in [-0.4, -0.2) is 42.2 Å². The SMILES string of the molecule is CCCCCNC(=O)CCCCCO[C@H]1C[C@]2(C)[C@@H](O)CC[C@H]2[C@@H]2CC[C@H]3CC(=O)CC[C@]3(C)[C@H]21. The molecule has 2 N–H and O–H groups in total. The van der Waals surface area contributed by atoms with Crippen molar-refractivity contribution in [2.75, 3.05) is 13.2 Å². The van der Waals surface area contributed by atoms with Gasteiger partial charge in [-0.1, -0.05) is 40.0 Å². The molecule has 4 fully saturated rings. The Hall–Kier alpha value is -0.940. The summed E-state index contributed by atoms with van der Waals surface area (Å²) in [6.45, 7) is 8.50. The zero-order chi connectivity index (χ0) is 25.1. The van der Waals surface area contributed by atoms with Gasteiger partial charge in [0.25, 0.3) is 0 Å². The second-order valence-corrected chi connectivity index (χ2v) is 12.9. The predicted octanol–water partition coefficient (Wildman–Crippen LogP) is 5.82. The number of fused-ring (bicyclic) bond motifs is 5. The third-order valence-electron chi connectivity index (χ3n) is 10.8. The summed E-state index contributed by atoms with van der Waals surface area (Å²) in [4.78, 5) is 24.3. The van der Waals surface area contributed by atoms with Crippen molar-refractivity contribution in [2.24, 2.45) is 34.5 Å². The van der Waals surface area contributed by atoms with E-state index >= 15 is 0 Å². The zero-order valence-electron chi connectivity index (χ0n) is 22.7. The number of hydrogen-bond donors (Lipinski definition) is 2. The van der Waals surface area contributed by atoms with Crippen LogP contribution < -0.4 is 5.32 Å². The number of aliphatic hydroxyl groups excluding tert-OH is 1. The third-order valence-corrected chi connectivity index (χ3v) is 10.8. The molecule has 0 radical (unpaired) electrons. The molecule has 0 unspecified atom stereocenters. The molecule has 0 aliphatic heterocycles. The van der Waals surface area contributed by atoms with Gasteiger partial charge < -0.3 is 15.2 Å². The average molecular weight is 490 g/mol. The van der Waals surface area contributed by atoms with E-state index in [0.717, 1.165) is 77.4 Å². The Labute approximate surface area is 213 Å². The minimum atomic E-state index is -0.214. The quantitative estimate of drug-likeness (QED) is 0.359. The van der Waals surface area contributed by atoms with Gasteiger partial charge in [0.1, 0.15) is 5.78 Å². The maximum Gasteiger partial charge on any atom is 0.219 e. The maximum absolute atomic E-state index is 12.3. The van der Waals surface area contributed by atoms with Crippen LogP contribution in [-0.2, 0) is 14.3 Å². The largest absolute Gasteiger partial charge is 0.393 e. The van der Waals surface area contributed by atoms with Crippen molar-refractivity contribution < 1.29 is 19.4 Å². The highest BCUT2D eigenvalue weighted by Crippen LogP contribution is 2.66. The number of unbranched alkanes of at least 4 members (excludes halogenated alkanes) is 4. The minimum absolute atomic E-state index is 0.0324. The highest BCUT2D eigenvalue weighted by Gasteiger charge is 2.63. The Balaban J connectivity index is 1.32. The van der Waals surface area contributed by atoms with Crippen LogP contribution in [0.2, 0.25) is 0 Å². The van der Waals surface area contributed by atoms with Crippen LogP contribution >= 0.6 is 0 Å². The molecule has 5 heteroatoms. The van der Waals surface area contributed by atoms with Crippen molar-refractivity contribution in [2.45, 2.75) is 129 Å². The first-order chi connectivity index (χ1) is 16.8. The summed E-state index contributed by atoms with van der Waals surface area (Å²) in [6, 6.07) is 0. The number of carbonyl (C=O) groups is 2. The number of ether oxygens (including phenoxy) is 1. The molecule has 0 bridgehead atoms. The smallest absolute Gasteiger partial charge is 0.219 e. The van der Waals surface area contributed by atoms with Crippen LogP contribution in [0.3, 0.4) is 0 Å². The normalized spacial score (nSPS) is 40.6. The molecule has 8 atom stereocenters. The van der Waals surface area contributed by atoms with E-state index in [0.29, 0.717) is 35.9 Å². The van der Waals surface area contributed by atoms with Crippen LogP contribution in [0, 0.1) is 34.5 Å². The Morgan fingerprint density at radius 3 is 2.69 bits per heavy atom. The van der Waals surface area contributed by atoms with Gasteiger partial charge in [-0.3, -0.25) is 9.59 Å². The number of aliphatic hydroxyl groups is 1. The summed E-state index contributed by atoms with van der Waals surface area (Å²) in [5, 5.41) is 14.0. The van der Waals surface area contributed by atoms with Crippen molar-refractivity contribution >= 4 is 11.7 Å². The summed E-state index contributed by atoms with van der Waals surface area (Å²) < 4.78 is 6.72. The lowest BCUT2D eigenvalue weighted by Crippen LogP contribution is -2.60. The molecule has 4 rings (SSSR count). The molecule has 0 aromatic heterocycles. The number of hydrogen-bond acceptors (Lipinski definition) is 4. The number of carbonyl (C=O) groups excluding carboxylic acids is 2. The van der Waals surface area contributed by atoms with Crippen molar-refractivity contribution in [1.82, 2.24) is 5.32 Å². The molecule has 5 nitrogen and oxygen atoms in total. The first-order valence-corrected chi connectivity index (χ1v) is 14.9. The lowest BCUT2D eigenvalue weighted by atomic mass is 9.44. The predicted molar refractivity (Wildman–Crippen MR) is 139 cm³/mol. The first-order valence-electron chi connectivity index (χ1n) is 14.9. The van der Waals surface area contributed by atoms with Crippen LogP contribution in [0.15, 0.2) is 0 Å². The second kappa shape index (κ2) is 11.6. The zero-order valence-corrected chi connectivity index (χ0v) is 22.7. The standard InChI is InChI=1S/C30H51NO4/c1-4-5-8-17-31-27(34)10-7-6-9-18-35-25-20-30(3)24(13-14-26(30)33)23-12-11-21-19-22(32)15-16-29(21,2)28(23)25/h21,23-26,28,33H,4-20H2,1-3H3,(H,31,34)/t21-,23-,24-,25-,26-,28+,29-,30-/m0/s1. The lowest BCUT2D eigenvalue weighted by Gasteiger charge is -2.62. The molecular weight excluding hydrogens is 438 g/mol. The van der Waals surface area contributed by atoms with Crippen molar-refractivity contribution in [1.29, 1.82) is 0 Å². The van der Waals surface area contributed by atoms with Gasteiger partial charge in [-0.25, -0.2) is 0 Å². The summed E-state index contributed by atoms with van der Waals surface area (Å²) in [5.41, 5.74) is 0.154. The van der Waals surface area contributed by atoms with Crippen molar-refractivity contribution in [3.8, 4) is 0 Å². The molecule has 4 saturated carbocycles. The molecule has 35 heavy (non-hydrogen) atoms. The molecule has 0 aromatic rings. The highest BCUT2D eigenvalue weighted by atomic mass is 16.5. The maximum atomic E-state index is 12.3. The van der Waals surface area contributed by atoms with E-state index in [9.17, 15) is 14.7 Å². The van der Waals surface area contributed by atoms with E-state index in [1.54, 1.807) is 0 Å². The van der Waals surface area contributed by atoms with Crippen LogP contribution in [0.5, 0.6) is 0 Å². The van der Waals surface area contributed by atoms with Gasteiger partial charge >= 0.3 is 0 Å². The monoisotopic (exact) mass is 489 g/mol. The minimum Gasteiger partial charge on any atom is -0.393 e. The van der Waals surface area contributed by atoms with E-state index in [-0.39, 0.29) is 28.9 Å². The number of nitrogens with one attached hydrogen (secondary N) is 1. The Kier molecular flexibility index (Phi) is 9.00. The van der Waals surface area contributed by atoms with Crippen LogP contribution in [0.4, 0.5) is 0 Å². The molecule has 4 aliphatic carbocycles. The van der Waals surface area contributed by atoms with E-state index in [4.69, 9.17) is 4.74 Å². The topological polar surface area (TPSA) is 75.6 Å². The van der Waals surface area contributed by atoms with E-state index in [1.807, 2.05) is 0 Å². The molecule has 0 aromatic carbocycles. The lowest BCUT2D eigenvalue weighted by molar-refractivity contribution is -0.192. The van der Waals surface area contributed by atoms with Crippen molar-refractivity contribution in [3.05, 3.63) is 0 Å². The molecule has 200 valence electrons. The second-order valence-electron chi connectivity index (χ2n) is 12.9. The Morgan fingerprint density at radius 1 is 1.06 bits per heavy atom. The van der Waals surface area contributed by atoms with Gasteiger partial charge in [0.05, 0.1) is 12.2 Å². The summed E-state index contributed by atoms with van der Waals surface area (Å²) in [5.74, 6) is 2.85. The fraction of sp³-hybridized carbons (Fsp3) is 0.933. The van der Waals surface area contributed by atoms with Crippen molar-refractivity contribution in [3.63, 3.8) is 0 Å². The summed E-state index contributed by atoms with van der Waals surface area (Å²) in [7, 11) is 0. The van der Waals surface area contributed by atoms with E-state index in [2.05, 4.69) is 26.1 Å². The summed E-state index contributed by atoms with van der Waals surface area (Å²) >= 11 is 0. The van der Waals surface area contributed by atoms with Gasteiger partial charge in [0.15, 0.2) is 0 Å². The van der Waals surface area contributed by atoms with Gasteiger partial charge in [-0.05, 0) is 92.3 Å². The first kappa shape index (κ1) is 27.1. The van der Waals surface area contributed by atoms with Crippen LogP contribution in [0.1, 0.15) is 117 Å². The third kappa shape index (κ3) is 5.66. The van der Waals surface area contributed by atoms with E-state index in [1.165, 1.54) is 25.7 Å². The molecule has 1 amide bonds. The number of rotatable bonds is 11. The van der Waals surface area contributed by atoms with E-state index < -0.39 is 0 Å². The fourth-order valence-corrected chi connectivity index (χ4v) is 8.76. The molecule has 4 aliphatic rings. The summed E-state index contributed by atoms with van der Waals surface area (Å²) in [6.07, 6.45) is 14.8. The molecule has 0 saturated heterocycles. The van der Waals surface area contributed by atoms with Crippen LogP contribution in [0.25, 0.3) is 0 Å². The van der Waals surface area contributed by atoms with Gasteiger partial charge in [-0.2, -0.15) is 0 Å². The molecular formula is C30H51NO4. The Morgan fingerprint density at radius 2 is 1.89 bits per heavy atom. The molecule has 0 spiro atoms. The fourth-order valence-electron chi connectivity index (χ4n) is 8.76. The average Bonchev–Trinajstić information content (AvgIpc) is 3.13. The van der Waals surface area contributed by atoms with Gasteiger partial charge in [0, 0.05) is 32.4 Å².